The van der Waals surface area contributed by atoms with Crippen molar-refractivity contribution in [3.63, 3.8) is 0 Å². The molecule has 1 atom stereocenters. The maximum Gasteiger partial charge on any atom is 0.254 e. The number of hydrogen-bond acceptors (Lipinski definition) is 2. The Morgan fingerprint density at radius 2 is 1.84 bits per heavy atom. The summed E-state index contributed by atoms with van der Waals surface area (Å²) in [6.45, 7) is 0.547. The van der Waals surface area contributed by atoms with E-state index in [1.807, 2.05) is 41.8 Å². The Morgan fingerprint density at radius 1 is 1.04 bits per heavy atom. The summed E-state index contributed by atoms with van der Waals surface area (Å²) in [4.78, 5) is 16.0. The third-order valence-electron chi connectivity index (χ3n) is 4.51. The second-order valence-electron chi connectivity index (χ2n) is 5.99. The van der Waals surface area contributed by atoms with Crippen LogP contribution in [-0.4, -0.2) is 17.4 Å². The first-order valence-corrected chi connectivity index (χ1v) is 8.90. The molecule has 0 N–H and O–H groups in total. The van der Waals surface area contributed by atoms with Crippen LogP contribution in [0, 0.1) is 11.6 Å². The highest BCUT2D eigenvalue weighted by Gasteiger charge is 2.33. The van der Waals surface area contributed by atoms with Gasteiger partial charge in [0.15, 0.2) is 11.6 Å². The van der Waals surface area contributed by atoms with Gasteiger partial charge in [-0.25, -0.2) is 8.78 Å². The number of carbonyl (C=O) groups is 1. The van der Waals surface area contributed by atoms with Crippen LogP contribution in [0.3, 0.4) is 0 Å². The van der Waals surface area contributed by atoms with Crippen molar-refractivity contribution in [2.45, 2.75) is 12.5 Å². The van der Waals surface area contributed by atoms with E-state index in [0.717, 1.165) is 29.7 Å². The summed E-state index contributed by atoms with van der Waals surface area (Å²) in [6.07, 6.45) is 0.770. The largest absolute Gasteiger partial charge is 0.327 e. The molecular weight excluding hydrogens is 340 g/mol. The van der Waals surface area contributed by atoms with Crippen LogP contribution in [-0.2, 0) is 6.42 Å². The standard InChI is InChI=1S/C20H15F2NOS/c21-16-7-6-14(12-17(16)22)20(24)23-10-8-18-15(9-11-25-18)19(23)13-4-2-1-3-5-13/h1-7,9,11-12,19H,8,10H2. The van der Waals surface area contributed by atoms with Crippen LogP contribution in [0.2, 0.25) is 0 Å². The molecule has 0 bridgehead atoms. The summed E-state index contributed by atoms with van der Waals surface area (Å²) in [7, 11) is 0. The highest BCUT2D eigenvalue weighted by atomic mass is 32.1. The number of fused-ring (bicyclic) bond motifs is 1. The highest BCUT2D eigenvalue weighted by molar-refractivity contribution is 7.10. The summed E-state index contributed by atoms with van der Waals surface area (Å²) in [5, 5.41) is 2.03. The second kappa shape index (κ2) is 6.41. The van der Waals surface area contributed by atoms with Gasteiger partial charge >= 0.3 is 0 Å². The van der Waals surface area contributed by atoms with Crippen molar-refractivity contribution in [2.24, 2.45) is 0 Å². The molecule has 0 saturated heterocycles. The lowest BCUT2D eigenvalue weighted by molar-refractivity contribution is 0.0695. The van der Waals surface area contributed by atoms with Crippen LogP contribution in [0.15, 0.2) is 60.0 Å². The number of thiophene rings is 1. The highest BCUT2D eigenvalue weighted by Crippen LogP contribution is 2.38. The van der Waals surface area contributed by atoms with E-state index in [2.05, 4.69) is 0 Å². The van der Waals surface area contributed by atoms with Crippen LogP contribution in [0.4, 0.5) is 8.78 Å². The van der Waals surface area contributed by atoms with E-state index < -0.39 is 11.6 Å². The molecule has 2 nitrogen and oxygen atoms in total. The second-order valence-corrected chi connectivity index (χ2v) is 6.99. The molecule has 0 fully saturated rings. The van der Waals surface area contributed by atoms with Crippen molar-refractivity contribution in [1.29, 1.82) is 0 Å². The van der Waals surface area contributed by atoms with E-state index in [1.54, 1.807) is 16.2 Å². The number of carbonyl (C=O) groups excluding carboxylic acids is 1. The molecule has 5 heteroatoms. The number of hydrogen-bond donors (Lipinski definition) is 0. The minimum atomic E-state index is -1.00. The van der Waals surface area contributed by atoms with Crippen LogP contribution in [0.1, 0.15) is 32.4 Å². The molecule has 1 aliphatic rings. The zero-order chi connectivity index (χ0) is 17.4. The monoisotopic (exact) mass is 355 g/mol. The lowest BCUT2D eigenvalue weighted by atomic mass is 9.92. The van der Waals surface area contributed by atoms with E-state index in [0.29, 0.717) is 6.54 Å². The van der Waals surface area contributed by atoms with Gasteiger partial charge in [-0.15, -0.1) is 11.3 Å². The zero-order valence-corrected chi connectivity index (χ0v) is 14.1. The molecule has 0 spiro atoms. The SMILES string of the molecule is O=C(c1ccc(F)c(F)c1)N1CCc2sccc2C1c1ccccc1. The van der Waals surface area contributed by atoms with E-state index in [1.165, 1.54) is 10.9 Å². The molecule has 25 heavy (non-hydrogen) atoms. The van der Waals surface area contributed by atoms with E-state index >= 15 is 0 Å². The van der Waals surface area contributed by atoms with Gasteiger partial charge in [-0.3, -0.25) is 4.79 Å². The molecule has 2 heterocycles. The smallest absolute Gasteiger partial charge is 0.254 e. The molecule has 1 aliphatic heterocycles. The van der Waals surface area contributed by atoms with Crippen molar-refractivity contribution in [2.75, 3.05) is 6.54 Å². The number of rotatable bonds is 2. The number of amides is 1. The topological polar surface area (TPSA) is 20.3 Å². The minimum Gasteiger partial charge on any atom is -0.327 e. The van der Waals surface area contributed by atoms with Crippen LogP contribution in [0.25, 0.3) is 0 Å². The molecule has 0 saturated carbocycles. The molecule has 0 aliphatic carbocycles. The summed E-state index contributed by atoms with van der Waals surface area (Å²) >= 11 is 1.69. The average Bonchev–Trinajstić information content (AvgIpc) is 3.12. The van der Waals surface area contributed by atoms with Gasteiger partial charge in [0, 0.05) is 17.0 Å². The van der Waals surface area contributed by atoms with E-state index in [9.17, 15) is 13.6 Å². The maximum atomic E-state index is 13.6. The first-order valence-electron chi connectivity index (χ1n) is 8.02. The van der Waals surface area contributed by atoms with Crippen molar-refractivity contribution in [3.05, 3.63) is 93.2 Å². The first kappa shape index (κ1) is 16.0. The van der Waals surface area contributed by atoms with Crippen LogP contribution >= 0.6 is 11.3 Å². The summed E-state index contributed by atoms with van der Waals surface area (Å²) in [5.41, 5.74) is 2.29. The zero-order valence-electron chi connectivity index (χ0n) is 13.3. The van der Waals surface area contributed by atoms with Gasteiger partial charge in [-0.05, 0) is 47.2 Å². The fourth-order valence-corrected chi connectivity index (χ4v) is 4.23. The first-order chi connectivity index (χ1) is 12.1. The van der Waals surface area contributed by atoms with Gasteiger partial charge in [0.25, 0.3) is 5.91 Å². The van der Waals surface area contributed by atoms with Gasteiger partial charge in [0.1, 0.15) is 0 Å². The van der Waals surface area contributed by atoms with Crippen molar-refractivity contribution in [3.8, 4) is 0 Å². The van der Waals surface area contributed by atoms with Gasteiger partial charge in [-0.1, -0.05) is 30.3 Å². The Bertz CT molecular complexity index is 922. The molecule has 0 radical (unpaired) electrons. The van der Waals surface area contributed by atoms with Gasteiger partial charge < -0.3 is 4.90 Å². The Labute approximate surface area is 148 Å². The Balaban J connectivity index is 1.77. The van der Waals surface area contributed by atoms with Gasteiger partial charge in [0.2, 0.25) is 0 Å². The fraction of sp³-hybridized carbons (Fsp3) is 0.150. The van der Waals surface area contributed by atoms with Gasteiger partial charge in [0.05, 0.1) is 6.04 Å². The summed E-state index contributed by atoms with van der Waals surface area (Å²) in [6, 6.07) is 14.9. The normalized spacial score (nSPS) is 16.6. The van der Waals surface area contributed by atoms with E-state index in [4.69, 9.17) is 0 Å². The summed E-state index contributed by atoms with van der Waals surface area (Å²) < 4.78 is 26.8. The summed E-state index contributed by atoms with van der Waals surface area (Å²) in [5.74, 6) is -2.24. The minimum absolute atomic E-state index is 0.165. The third-order valence-corrected chi connectivity index (χ3v) is 5.51. The molecular formula is C20H15F2NOS. The average molecular weight is 355 g/mol. The van der Waals surface area contributed by atoms with Crippen LogP contribution < -0.4 is 0 Å². The molecule has 4 rings (SSSR count). The lowest BCUT2D eigenvalue weighted by Gasteiger charge is -2.36. The fourth-order valence-electron chi connectivity index (χ4n) is 3.32. The van der Waals surface area contributed by atoms with Crippen LogP contribution in [0.5, 0.6) is 0 Å². The quantitative estimate of drug-likeness (QED) is 0.646. The van der Waals surface area contributed by atoms with Crippen molar-refractivity contribution in [1.82, 2.24) is 4.90 Å². The number of benzene rings is 2. The Morgan fingerprint density at radius 3 is 2.60 bits per heavy atom. The predicted octanol–water partition coefficient (Wildman–Crippen LogP) is 4.81. The number of halogens is 2. The number of nitrogens with zero attached hydrogens (tertiary/aromatic N) is 1. The molecule has 2 aromatic carbocycles. The third kappa shape index (κ3) is 2.85. The Hall–Kier alpha value is -2.53. The molecule has 126 valence electrons. The lowest BCUT2D eigenvalue weighted by Crippen LogP contribution is -2.40. The molecule has 1 aromatic heterocycles. The molecule has 3 aromatic rings. The Kier molecular flexibility index (Phi) is 4.09. The molecule has 1 unspecified atom stereocenters. The maximum absolute atomic E-state index is 13.6. The van der Waals surface area contributed by atoms with E-state index in [-0.39, 0.29) is 17.5 Å². The predicted molar refractivity (Wildman–Crippen MR) is 93.7 cm³/mol. The van der Waals surface area contributed by atoms with Crippen molar-refractivity contribution >= 4 is 17.2 Å². The molecule has 1 amide bonds. The van der Waals surface area contributed by atoms with Crippen molar-refractivity contribution < 1.29 is 13.6 Å². The van der Waals surface area contributed by atoms with Gasteiger partial charge in [-0.2, -0.15) is 0 Å².